The van der Waals surface area contributed by atoms with Crippen LogP contribution in [0.4, 0.5) is 0 Å². The number of piperidine rings is 1. The topological polar surface area (TPSA) is 32.3 Å². The first-order valence-electron chi connectivity index (χ1n) is 7.37. The summed E-state index contributed by atoms with van der Waals surface area (Å²) in [7, 11) is 0. The number of thioether (sulfide) groups is 1. The molecule has 2 rings (SSSR count). The Morgan fingerprint density at radius 3 is 2.50 bits per heavy atom. The largest absolute Gasteiger partial charge is 0.340 e. The molecule has 1 aromatic rings. The van der Waals surface area contributed by atoms with Gasteiger partial charge in [-0.1, -0.05) is 12.1 Å². The van der Waals surface area contributed by atoms with E-state index in [1.165, 1.54) is 4.90 Å². The highest BCUT2D eigenvalue weighted by atomic mass is 32.2. The average Bonchev–Trinajstić information content (AvgIpc) is 2.50. The molecule has 0 aromatic heterocycles. The first kappa shape index (κ1) is 15.4. The fraction of sp³-hybridized carbons (Fsp3) is 0.562. The molecule has 1 heterocycles. The van der Waals surface area contributed by atoms with Gasteiger partial charge in [0.15, 0.2) is 0 Å². The van der Waals surface area contributed by atoms with Crippen LogP contribution in [0.5, 0.6) is 0 Å². The van der Waals surface area contributed by atoms with Crippen molar-refractivity contribution in [2.24, 2.45) is 0 Å². The zero-order chi connectivity index (χ0) is 14.4. The van der Waals surface area contributed by atoms with E-state index in [1.54, 1.807) is 11.8 Å². The number of hydrogen-bond donors (Lipinski definition) is 1. The molecule has 1 fully saturated rings. The van der Waals surface area contributed by atoms with Crippen molar-refractivity contribution in [2.45, 2.75) is 37.1 Å². The molecule has 0 radical (unpaired) electrons. The van der Waals surface area contributed by atoms with E-state index in [0.717, 1.165) is 38.0 Å². The number of hydrogen-bond acceptors (Lipinski definition) is 3. The SMILES string of the molecule is CCN(C(=O)Cc1ccc(SC)cc1)C1CCNCC1. The van der Waals surface area contributed by atoms with Crippen LogP contribution in [-0.4, -0.2) is 42.7 Å². The molecule has 0 unspecified atom stereocenters. The Morgan fingerprint density at radius 1 is 1.30 bits per heavy atom. The molecule has 3 nitrogen and oxygen atoms in total. The molecule has 110 valence electrons. The van der Waals surface area contributed by atoms with Gasteiger partial charge in [0.2, 0.25) is 5.91 Å². The lowest BCUT2D eigenvalue weighted by Crippen LogP contribution is -2.46. The highest BCUT2D eigenvalue weighted by Gasteiger charge is 2.23. The van der Waals surface area contributed by atoms with E-state index in [2.05, 4.69) is 47.7 Å². The van der Waals surface area contributed by atoms with Gasteiger partial charge in [0.05, 0.1) is 6.42 Å². The monoisotopic (exact) mass is 292 g/mol. The van der Waals surface area contributed by atoms with E-state index in [4.69, 9.17) is 0 Å². The van der Waals surface area contributed by atoms with Crippen molar-refractivity contribution >= 4 is 17.7 Å². The van der Waals surface area contributed by atoms with Crippen molar-refractivity contribution in [1.29, 1.82) is 0 Å². The number of carbonyl (C=O) groups is 1. The van der Waals surface area contributed by atoms with E-state index in [0.29, 0.717) is 12.5 Å². The third kappa shape index (κ3) is 4.00. The fourth-order valence-corrected chi connectivity index (χ4v) is 3.18. The Morgan fingerprint density at radius 2 is 1.95 bits per heavy atom. The van der Waals surface area contributed by atoms with Crippen LogP contribution < -0.4 is 5.32 Å². The van der Waals surface area contributed by atoms with Crippen LogP contribution in [0.25, 0.3) is 0 Å². The van der Waals surface area contributed by atoms with Crippen LogP contribution in [0, 0.1) is 0 Å². The van der Waals surface area contributed by atoms with Crippen molar-refractivity contribution in [3.05, 3.63) is 29.8 Å². The Bertz CT molecular complexity index is 427. The number of nitrogens with one attached hydrogen (secondary N) is 1. The summed E-state index contributed by atoms with van der Waals surface area (Å²) in [5.74, 6) is 0.260. The molecule has 1 amide bonds. The lowest BCUT2D eigenvalue weighted by atomic mass is 10.0. The van der Waals surface area contributed by atoms with Crippen LogP contribution in [0.1, 0.15) is 25.3 Å². The first-order valence-corrected chi connectivity index (χ1v) is 8.60. The predicted molar refractivity (Wildman–Crippen MR) is 85.2 cm³/mol. The minimum Gasteiger partial charge on any atom is -0.340 e. The lowest BCUT2D eigenvalue weighted by Gasteiger charge is -2.34. The van der Waals surface area contributed by atoms with E-state index in [1.807, 2.05) is 0 Å². The maximum atomic E-state index is 12.5. The smallest absolute Gasteiger partial charge is 0.227 e. The van der Waals surface area contributed by atoms with Gasteiger partial charge in [-0.2, -0.15) is 0 Å². The van der Waals surface area contributed by atoms with Crippen molar-refractivity contribution < 1.29 is 4.79 Å². The maximum Gasteiger partial charge on any atom is 0.227 e. The van der Waals surface area contributed by atoms with E-state index in [-0.39, 0.29) is 5.91 Å². The normalized spacial score (nSPS) is 16.1. The van der Waals surface area contributed by atoms with Crippen LogP contribution in [0.2, 0.25) is 0 Å². The molecule has 0 aliphatic carbocycles. The third-order valence-electron chi connectivity index (χ3n) is 3.92. The molecule has 0 bridgehead atoms. The average molecular weight is 292 g/mol. The number of benzene rings is 1. The second-order valence-electron chi connectivity index (χ2n) is 5.19. The second-order valence-corrected chi connectivity index (χ2v) is 6.07. The summed E-state index contributed by atoms with van der Waals surface area (Å²) < 4.78 is 0. The van der Waals surface area contributed by atoms with E-state index >= 15 is 0 Å². The zero-order valence-electron chi connectivity index (χ0n) is 12.4. The van der Waals surface area contributed by atoms with Gasteiger partial charge >= 0.3 is 0 Å². The van der Waals surface area contributed by atoms with Crippen LogP contribution in [-0.2, 0) is 11.2 Å². The second kappa shape index (κ2) is 7.70. The summed E-state index contributed by atoms with van der Waals surface area (Å²) in [6.45, 7) is 4.94. The molecule has 0 saturated carbocycles. The van der Waals surface area contributed by atoms with Gasteiger partial charge in [0.1, 0.15) is 0 Å². The Kier molecular flexibility index (Phi) is 5.92. The van der Waals surface area contributed by atoms with Gasteiger partial charge in [0, 0.05) is 17.5 Å². The minimum absolute atomic E-state index is 0.260. The van der Waals surface area contributed by atoms with Gasteiger partial charge in [-0.15, -0.1) is 11.8 Å². The molecule has 0 atom stereocenters. The molecular weight excluding hydrogens is 268 g/mol. The van der Waals surface area contributed by atoms with E-state index in [9.17, 15) is 4.79 Å². The summed E-state index contributed by atoms with van der Waals surface area (Å²) >= 11 is 1.73. The van der Waals surface area contributed by atoms with Crippen molar-refractivity contribution in [3.63, 3.8) is 0 Å². The van der Waals surface area contributed by atoms with Gasteiger partial charge < -0.3 is 10.2 Å². The number of nitrogens with zero attached hydrogens (tertiary/aromatic N) is 1. The third-order valence-corrected chi connectivity index (χ3v) is 4.67. The number of carbonyl (C=O) groups excluding carboxylic acids is 1. The van der Waals surface area contributed by atoms with Crippen LogP contribution in [0.15, 0.2) is 29.2 Å². The summed E-state index contributed by atoms with van der Waals surface area (Å²) in [5, 5.41) is 3.35. The van der Waals surface area contributed by atoms with Gasteiger partial charge in [-0.25, -0.2) is 0 Å². The van der Waals surface area contributed by atoms with Gasteiger partial charge in [-0.3, -0.25) is 4.79 Å². The molecule has 1 aromatic carbocycles. The van der Waals surface area contributed by atoms with Crippen molar-refractivity contribution in [2.75, 3.05) is 25.9 Å². The molecule has 1 saturated heterocycles. The van der Waals surface area contributed by atoms with Crippen LogP contribution >= 0.6 is 11.8 Å². The summed E-state index contributed by atoms with van der Waals surface area (Å²) in [5.41, 5.74) is 1.11. The standard InChI is InChI=1S/C16H24N2OS/c1-3-18(14-8-10-17-11-9-14)16(19)12-13-4-6-15(20-2)7-5-13/h4-7,14,17H,3,8-12H2,1-2H3. The van der Waals surface area contributed by atoms with Gasteiger partial charge in [-0.05, 0) is 56.8 Å². The predicted octanol–water partition coefficient (Wildman–Crippen LogP) is 2.55. The Balaban J connectivity index is 1.97. The fourth-order valence-electron chi connectivity index (χ4n) is 2.78. The van der Waals surface area contributed by atoms with Crippen LogP contribution in [0.3, 0.4) is 0 Å². The minimum atomic E-state index is 0.260. The highest BCUT2D eigenvalue weighted by Crippen LogP contribution is 2.17. The molecule has 4 heteroatoms. The zero-order valence-corrected chi connectivity index (χ0v) is 13.2. The number of rotatable bonds is 5. The van der Waals surface area contributed by atoms with Crippen molar-refractivity contribution in [3.8, 4) is 0 Å². The number of likely N-dealkylation sites (N-methyl/N-ethyl adjacent to an activating group) is 1. The van der Waals surface area contributed by atoms with Crippen molar-refractivity contribution in [1.82, 2.24) is 10.2 Å². The van der Waals surface area contributed by atoms with E-state index < -0.39 is 0 Å². The molecule has 1 aliphatic heterocycles. The molecule has 1 N–H and O–H groups in total. The summed E-state index contributed by atoms with van der Waals surface area (Å²) in [6, 6.07) is 8.74. The molecular formula is C16H24N2OS. The Hall–Kier alpha value is -1.00. The quantitative estimate of drug-likeness (QED) is 0.847. The molecule has 1 aliphatic rings. The highest BCUT2D eigenvalue weighted by molar-refractivity contribution is 7.98. The molecule has 20 heavy (non-hydrogen) atoms. The Labute approximate surface area is 126 Å². The maximum absolute atomic E-state index is 12.5. The number of amides is 1. The molecule has 0 spiro atoms. The lowest BCUT2D eigenvalue weighted by molar-refractivity contribution is -0.133. The summed E-state index contributed by atoms with van der Waals surface area (Å²) in [6.07, 6.45) is 4.73. The van der Waals surface area contributed by atoms with Gasteiger partial charge in [0.25, 0.3) is 0 Å². The summed E-state index contributed by atoms with van der Waals surface area (Å²) in [4.78, 5) is 15.8. The first-order chi connectivity index (χ1) is 9.74.